The highest BCUT2D eigenvalue weighted by atomic mass is 16.4. The smallest absolute Gasteiger partial charge is 0.303 e. The van der Waals surface area contributed by atoms with Crippen molar-refractivity contribution >= 4 is 5.97 Å². The highest BCUT2D eigenvalue weighted by Crippen LogP contribution is 2.08. The van der Waals surface area contributed by atoms with Crippen molar-refractivity contribution in [3.63, 3.8) is 0 Å². The first-order valence-electron chi connectivity index (χ1n) is 10.5. The maximum absolute atomic E-state index is 10.3. The standard InChI is InChI=1S/C18H32O2.C4H11NO2/c1-2-3-4-5-6-7-8-9-10-11-12-13-14-15-16-17-18(19)20;1-3(6)5-4(2)7/h6-7,9-10H,2-5,8,11-17H2,1H3,(H,19,20);3-7H,1-2H3/b7-6-,10-9-;. The number of carboxylic acid groups (broad SMARTS) is 1. The zero-order valence-electron chi connectivity index (χ0n) is 17.7. The lowest BCUT2D eigenvalue weighted by atomic mass is 10.1. The lowest BCUT2D eigenvalue weighted by Gasteiger charge is -2.08. The number of hydrogen-bond acceptors (Lipinski definition) is 4. The molecule has 0 fully saturated rings. The second kappa shape index (κ2) is 22.9. The van der Waals surface area contributed by atoms with Gasteiger partial charge in [0, 0.05) is 6.42 Å². The SMILES string of the molecule is CC(O)NC(C)O.CCCCC/C=C\C/C=C\CCCCCCCC(=O)O. The Labute approximate surface area is 166 Å². The summed E-state index contributed by atoms with van der Waals surface area (Å²) in [4.78, 5) is 10.3. The third-order valence-corrected chi connectivity index (χ3v) is 3.82. The quantitative estimate of drug-likeness (QED) is 0.168. The van der Waals surface area contributed by atoms with Crippen LogP contribution in [-0.4, -0.2) is 33.7 Å². The van der Waals surface area contributed by atoms with Gasteiger partial charge in [-0.25, -0.2) is 0 Å². The monoisotopic (exact) mass is 385 g/mol. The molecule has 0 aromatic heterocycles. The van der Waals surface area contributed by atoms with E-state index in [1.165, 1.54) is 44.9 Å². The van der Waals surface area contributed by atoms with Gasteiger partial charge in [-0.3, -0.25) is 10.1 Å². The van der Waals surface area contributed by atoms with Crippen molar-refractivity contribution in [3.05, 3.63) is 24.3 Å². The summed E-state index contributed by atoms with van der Waals surface area (Å²) in [6.45, 7) is 5.33. The van der Waals surface area contributed by atoms with Gasteiger partial charge in [-0.1, -0.05) is 63.3 Å². The molecule has 2 unspecified atom stereocenters. The fourth-order valence-corrected chi connectivity index (χ4v) is 2.44. The summed E-state index contributed by atoms with van der Waals surface area (Å²) in [6.07, 6.45) is 21.0. The minimum Gasteiger partial charge on any atom is -0.481 e. The second-order valence-electron chi connectivity index (χ2n) is 6.89. The van der Waals surface area contributed by atoms with E-state index >= 15 is 0 Å². The molecule has 0 radical (unpaired) electrons. The molecular weight excluding hydrogens is 342 g/mol. The summed E-state index contributed by atoms with van der Waals surface area (Å²) in [5.41, 5.74) is 0. The van der Waals surface area contributed by atoms with E-state index in [2.05, 4.69) is 36.5 Å². The van der Waals surface area contributed by atoms with Crippen LogP contribution in [0.15, 0.2) is 24.3 Å². The predicted molar refractivity (Wildman–Crippen MR) is 113 cm³/mol. The van der Waals surface area contributed by atoms with Gasteiger partial charge in [-0.15, -0.1) is 0 Å². The average molecular weight is 386 g/mol. The molecule has 2 atom stereocenters. The molecule has 0 amide bonds. The zero-order valence-corrected chi connectivity index (χ0v) is 17.7. The molecule has 0 spiro atoms. The lowest BCUT2D eigenvalue weighted by molar-refractivity contribution is -0.137. The Balaban J connectivity index is 0. The van der Waals surface area contributed by atoms with Crippen LogP contribution in [0.25, 0.3) is 0 Å². The Morgan fingerprint density at radius 3 is 1.74 bits per heavy atom. The number of aliphatic hydroxyl groups excluding tert-OH is 2. The molecule has 0 bridgehead atoms. The number of carbonyl (C=O) groups is 1. The first-order chi connectivity index (χ1) is 12.9. The van der Waals surface area contributed by atoms with Crippen molar-refractivity contribution in [2.45, 2.75) is 110 Å². The number of allylic oxidation sites excluding steroid dienone is 4. The van der Waals surface area contributed by atoms with Gasteiger partial charge in [0.15, 0.2) is 0 Å². The molecule has 0 rings (SSSR count). The molecule has 5 nitrogen and oxygen atoms in total. The molecule has 160 valence electrons. The van der Waals surface area contributed by atoms with Crippen molar-refractivity contribution in [1.82, 2.24) is 5.32 Å². The fourth-order valence-electron chi connectivity index (χ4n) is 2.44. The third kappa shape index (κ3) is 32.9. The summed E-state index contributed by atoms with van der Waals surface area (Å²) in [5, 5.41) is 27.8. The first-order valence-corrected chi connectivity index (χ1v) is 10.5. The van der Waals surface area contributed by atoms with E-state index in [4.69, 9.17) is 15.3 Å². The van der Waals surface area contributed by atoms with Gasteiger partial charge < -0.3 is 15.3 Å². The topological polar surface area (TPSA) is 89.8 Å². The maximum Gasteiger partial charge on any atom is 0.303 e. The fraction of sp³-hybridized carbons (Fsp3) is 0.773. The molecule has 0 aromatic rings. The van der Waals surface area contributed by atoms with Crippen LogP contribution >= 0.6 is 0 Å². The van der Waals surface area contributed by atoms with E-state index in [9.17, 15) is 4.79 Å². The summed E-state index contributed by atoms with van der Waals surface area (Å²) in [5.74, 6) is -0.671. The van der Waals surface area contributed by atoms with Gasteiger partial charge in [0.2, 0.25) is 0 Å². The minimum atomic E-state index is -0.671. The minimum absolute atomic E-state index is 0.324. The van der Waals surface area contributed by atoms with Crippen LogP contribution in [-0.2, 0) is 4.79 Å². The highest BCUT2D eigenvalue weighted by Gasteiger charge is 1.96. The number of hydrogen-bond donors (Lipinski definition) is 4. The molecule has 0 aromatic carbocycles. The van der Waals surface area contributed by atoms with Gasteiger partial charge in [0.1, 0.15) is 12.5 Å². The largest absolute Gasteiger partial charge is 0.481 e. The second-order valence-corrected chi connectivity index (χ2v) is 6.89. The molecular formula is C22H43NO4. The van der Waals surface area contributed by atoms with Crippen LogP contribution < -0.4 is 5.32 Å². The zero-order chi connectivity index (χ0) is 20.8. The van der Waals surface area contributed by atoms with Crippen molar-refractivity contribution in [2.75, 3.05) is 0 Å². The van der Waals surface area contributed by atoms with E-state index in [0.29, 0.717) is 6.42 Å². The average Bonchev–Trinajstić information content (AvgIpc) is 2.57. The Morgan fingerprint density at radius 1 is 0.815 bits per heavy atom. The first kappa shape index (κ1) is 28.0. The summed E-state index contributed by atoms with van der Waals surface area (Å²) < 4.78 is 0. The Bertz CT molecular complexity index is 359. The van der Waals surface area contributed by atoms with E-state index in [0.717, 1.165) is 25.7 Å². The summed E-state index contributed by atoms with van der Waals surface area (Å²) in [6, 6.07) is 0. The van der Waals surface area contributed by atoms with Crippen LogP contribution in [0.3, 0.4) is 0 Å². The molecule has 0 heterocycles. The van der Waals surface area contributed by atoms with Crippen molar-refractivity contribution < 1.29 is 20.1 Å². The highest BCUT2D eigenvalue weighted by molar-refractivity contribution is 5.66. The van der Waals surface area contributed by atoms with E-state index in [1.54, 1.807) is 13.8 Å². The number of carboxylic acids is 1. The van der Waals surface area contributed by atoms with Crippen molar-refractivity contribution in [2.24, 2.45) is 0 Å². The van der Waals surface area contributed by atoms with Gasteiger partial charge in [-0.05, 0) is 52.4 Å². The van der Waals surface area contributed by atoms with Crippen LogP contribution in [0.2, 0.25) is 0 Å². The molecule has 0 aliphatic heterocycles. The summed E-state index contributed by atoms with van der Waals surface area (Å²) in [7, 11) is 0. The van der Waals surface area contributed by atoms with Crippen LogP contribution in [0.1, 0.15) is 97.8 Å². The molecule has 4 N–H and O–H groups in total. The number of aliphatic hydroxyl groups is 2. The molecule has 0 aliphatic rings. The third-order valence-electron chi connectivity index (χ3n) is 3.82. The van der Waals surface area contributed by atoms with Crippen molar-refractivity contribution in [1.29, 1.82) is 0 Å². The van der Waals surface area contributed by atoms with Crippen LogP contribution in [0, 0.1) is 0 Å². The van der Waals surface area contributed by atoms with E-state index in [1.807, 2.05) is 0 Å². The molecule has 0 saturated carbocycles. The number of rotatable bonds is 16. The molecule has 0 aliphatic carbocycles. The number of unbranched alkanes of at least 4 members (excludes halogenated alkanes) is 8. The van der Waals surface area contributed by atoms with Gasteiger partial charge in [0.25, 0.3) is 0 Å². The maximum atomic E-state index is 10.3. The van der Waals surface area contributed by atoms with E-state index < -0.39 is 18.4 Å². The Kier molecular flexibility index (Phi) is 23.8. The van der Waals surface area contributed by atoms with Gasteiger partial charge in [-0.2, -0.15) is 0 Å². The van der Waals surface area contributed by atoms with Gasteiger partial charge >= 0.3 is 5.97 Å². The molecule has 5 heteroatoms. The van der Waals surface area contributed by atoms with E-state index in [-0.39, 0.29) is 0 Å². The predicted octanol–water partition coefficient (Wildman–Crippen LogP) is 5.14. The van der Waals surface area contributed by atoms with Crippen LogP contribution in [0.4, 0.5) is 0 Å². The normalized spacial score (nSPS) is 13.5. The molecule has 0 saturated heterocycles. The Morgan fingerprint density at radius 2 is 1.30 bits per heavy atom. The lowest BCUT2D eigenvalue weighted by Crippen LogP contribution is -2.33. The van der Waals surface area contributed by atoms with Crippen molar-refractivity contribution in [3.8, 4) is 0 Å². The Hall–Kier alpha value is -1.17. The van der Waals surface area contributed by atoms with Crippen LogP contribution in [0.5, 0.6) is 0 Å². The number of aliphatic carboxylic acids is 1. The van der Waals surface area contributed by atoms with Gasteiger partial charge in [0.05, 0.1) is 0 Å². The number of nitrogens with one attached hydrogen (secondary N) is 1. The summed E-state index contributed by atoms with van der Waals surface area (Å²) >= 11 is 0. The molecule has 27 heavy (non-hydrogen) atoms.